The van der Waals surface area contributed by atoms with E-state index < -0.39 is 13.3 Å². The average molecular weight is 243 g/mol. The van der Waals surface area contributed by atoms with E-state index in [1.165, 1.54) is 0 Å². The molecule has 0 aromatic rings. The normalized spacial score (nSPS) is 45.0. The summed E-state index contributed by atoms with van der Waals surface area (Å²) in [6.07, 6.45) is 3.79. The van der Waals surface area contributed by atoms with Crippen molar-refractivity contribution in [3.8, 4) is 0 Å². The summed E-state index contributed by atoms with van der Waals surface area (Å²) in [5, 5.41) is 17.7. The van der Waals surface area contributed by atoms with Crippen LogP contribution >= 0.6 is 0 Å². The monoisotopic (exact) mass is 243 g/mol. The van der Waals surface area contributed by atoms with Crippen molar-refractivity contribution in [2.45, 2.75) is 57.1 Å². The molecule has 2 rings (SSSR count). The lowest BCUT2D eigenvalue weighted by atomic mass is 9.76. The molecule has 0 radical (unpaired) electrons. The molecular weight excluding hydrogens is 220 g/mol. The van der Waals surface area contributed by atoms with Crippen LogP contribution in [0.25, 0.3) is 0 Å². The van der Waals surface area contributed by atoms with Gasteiger partial charge < -0.3 is 15.8 Å². The first-order chi connectivity index (χ1) is 7.92. The fourth-order valence-corrected chi connectivity index (χ4v) is 4.04. The van der Waals surface area contributed by atoms with Crippen LogP contribution in [0.4, 0.5) is 4.39 Å². The molecule has 0 aromatic heterocycles. The summed E-state index contributed by atoms with van der Waals surface area (Å²) in [5.41, 5.74) is 6.02. The maximum atomic E-state index is 13.7. The molecule has 0 heterocycles. The molecule has 2 saturated carbocycles. The van der Waals surface area contributed by atoms with Crippen molar-refractivity contribution in [1.29, 1.82) is 0 Å². The third-order valence-electron chi connectivity index (χ3n) is 4.81. The van der Waals surface area contributed by atoms with Gasteiger partial charge in [0.05, 0.1) is 0 Å². The number of nitrogens with two attached hydrogens (primary N) is 1. The largest absolute Gasteiger partial charge is 0.451 e. The molecule has 5 heteroatoms. The average Bonchev–Trinajstić information content (AvgIpc) is 2.66. The zero-order chi connectivity index (χ0) is 12.6. The molecule has 2 fully saturated rings. The Morgan fingerprint density at radius 2 is 2.06 bits per heavy atom. The van der Waals surface area contributed by atoms with Crippen LogP contribution < -0.4 is 5.73 Å². The lowest BCUT2D eigenvalue weighted by Crippen LogP contribution is -2.42. The highest BCUT2D eigenvalue weighted by Gasteiger charge is 2.53. The van der Waals surface area contributed by atoms with Crippen LogP contribution in [0, 0.1) is 17.8 Å². The van der Waals surface area contributed by atoms with Crippen LogP contribution in [-0.4, -0.2) is 28.9 Å². The van der Waals surface area contributed by atoms with Gasteiger partial charge in [0.1, 0.15) is 6.17 Å². The summed E-state index contributed by atoms with van der Waals surface area (Å²) >= 11 is 0. The third kappa shape index (κ3) is 2.66. The minimum absolute atomic E-state index is 0.147. The Balaban J connectivity index is 1.94. The number of hydrogen-bond donors (Lipinski definition) is 3. The fourth-order valence-electron chi connectivity index (χ4n) is 4.04. The molecule has 98 valence electrons. The van der Waals surface area contributed by atoms with Gasteiger partial charge in [-0.3, -0.25) is 0 Å². The first kappa shape index (κ1) is 13.3. The Bertz CT molecular complexity index is 275. The zero-order valence-corrected chi connectivity index (χ0v) is 10.5. The minimum atomic E-state index is -1.23. The van der Waals surface area contributed by atoms with E-state index in [-0.39, 0.29) is 11.5 Å². The Morgan fingerprint density at radius 3 is 2.71 bits per heavy atom. The topological polar surface area (TPSA) is 66.5 Å². The van der Waals surface area contributed by atoms with Crippen LogP contribution in [0.3, 0.4) is 0 Å². The van der Waals surface area contributed by atoms with Gasteiger partial charge in [0.25, 0.3) is 0 Å². The second-order valence-corrected chi connectivity index (χ2v) is 6.15. The van der Waals surface area contributed by atoms with E-state index in [9.17, 15) is 4.39 Å². The van der Waals surface area contributed by atoms with Crippen molar-refractivity contribution < 1.29 is 14.4 Å². The van der Waals surface area contributed by atoms with Crippen molar-refractivity contribution in [3.63, 3.8) is 0 Å². The number of fused-ring (bicyclic) bond motifs is 1. The zero-order valence-electron chi connectivity index (χ0n) is 10.5. The molecule has 0 saturated heterocycles. The maximum absolute atomic E-state index is 13.7. The molecule has 0 aromatic carbocycles. The van der Waals surface area contributed by atoms with Crippen LogP contribution in [0.1, 0.15) is 39.0 Å². The van der Waals surface area contributed by atoms with Crippen LogP contribution in [0.2, 0.25) is 6.32 Å². The van der Waals surface area contributed by atoms with E-state index in [0.717, 1.165) is 25.7 Å². The van der Waals surface area contributed by atoms with Crippen molar-refractivity contribution in [2.75, 3.05) is 0 Å². The summed E-state index contributed by atoms with van der Waals surface area (Å²) in [4.78, 5) is 0. The molecule has 0 bridgehead atoms. The Labute approximate surface area is 103 Å². The van der Waals surface area contributed by atoms with E-state index >= 15 is 0 Å². The van der Waals surface area contributed by atoms with E-state index in [1.54, 1.807) is 0 Å². The molecule has 2 aliphatic rings. The van der Waals surface area contributed by atoms with Crippen LogP contribution in [-0.2, 0) is 0 Å². The molecule has 4 N–H and O–H groups in total. The minimum Gasteiger partial charge on any atom is -0.427 e. The summed E-state index contributed by atoms with van der Waals surface area (Å²) in [6.45, 7) is 2.03. The number of hydrogen-bond acceptors (Lipinski definition) is 3. The maximum Gasteiger partial charge on any atom is 0.451 e. The third-order valence-corrected chi connectivity index (χ3v) is 4.81. The van der Waals surface area contributed by atoms with Gasteiger partial charge in [-0.1, -0.05) is 6.42 Å². The molecule has 0 aliphatic heterocycles. The number of halogens is 1. The first-order valence-corrected chi connectivity index (χ1v) is 6.71. The van der Waals surface area contributed by atoms with E-state index in [4.69, 9.17) is 15.8 Å². The van der Waals surface area contributed by atoms with E-state index in [0.29, 0.717) is 24.6 Å². The number of rotatable bonds is 4. The molecule has 5 atom stereocenters. The second-order valence-electron chi connectivity index (χ2n) is 6.15. The Morgan fingerprint density at radius 1 is 1.35 bits per heavy atom. The predicted molar refractivity (Wildman–Crippen MR) is 66.0 cm³/mol. The highest BCUT2D eigenvalue weighted by atomic mass is 19.1. The van der Waals surface area contributed by atoms with Gasteiger partial charge in [0.15, 0.2) is 0 Å². The second kappa shape index (κ2) is 4.86. The van der Waals surface area contributed by atoms with E-state index in [1.807, 2.05) is 6.92 Å². The van der Waals surface area contributed by atoms with Crippen LogP contribution in [0.15, 0.2) is 0 Å². The van der Waals surface area contributed by atoms with Gasteiger partial charge in [-0.15, -0.1) is 0 Å². The lowest BCUT2D eigenvalue weighted by Gasteiger charge is -2.30. The Hall–Kier alpha value is -0.125. The SMILES string of the molecule is C[C@]1(N)C[C@@H]2[C@@H](CC[C@H]2F)[C@@H]1CCCB(O)O. The standard InChI is InChI=1S/C12H23BFNO2/c1-12(15)7-9-8(4-5-11(9)14)10(12)3-2-6-13(16)17/h8-11,16-17H,2-7,15H2,1H3/t8-,9-,10+,11-,12+/m1/s1. The molecule has 0 unspecified atom stereocenters. The smallest absolute Gasteiger partial charge is 0.427 e. The molecule has 0 amide bonds. The fraction of sp³-hybridized carbons (Fsp3) is 1.00. The quantitative estimate of drug-likeness (QED) is 0.653. The van der Waals surface area contributed by atoms with Crippen molar-refractivity contribution >= 4 is 7.12 Å². The molecule has 17 heavy (non-hydrogen) atoms. The summed E-state index contributed by atoms with van der Waals surface area (Å²) in [6, 6.07) is 0. The van der Waals surface area contributed by atoms with E-state index in [2.05, 4.69) is 0 Å². The first-order valence-electron chi connectivity index (χ1n) is 6.71. The molecular formula is C12H23BFNO2. The lowest BCUT2D eigenvalue weighted by molar-refractivity contribution is 0.236. The summed E-state index contributed by atoms with van der Waals surface area (Å²) in [5.74, 6) is 0.900. The Kier molecular flexibility index (Phi) is 3.81. The number of alkyl halides is 1. The predicted octanol–water partition coefficient (Wildman–Crippen LogP) is 1.34. The van der Waals surface area contributed by atoms with Gasteiger partial charge in [-0.2, -0.15) is 0 Å². The molecule has 3 nitrogen and oxygen atoms in total. The van der Waals surface area contributed by atoms with Gasteiger partial charge in [0.2, 0.25) is 0 Å². The summed E-state index contributed by atoms with van der Waals surface area (Å²) in [7, 11) is -1.23. The van der Waals surface area contributed by atoms with Gasteiger partial charge in [-0.05, 0) is 56.7 Å². The summed E-state index contributed by atoms with van der Waals surface area (Å²) < 4.78 is 13.7. The van der Waals surface area contributed by atoms with Crippen molar-refractivity contribution in [1.82, 2.24) is 0 Å². The van der Waals surface area contributed by atoms with Gasteiger partial charge in [-0.25, -0.2) is 4.39 Å². The van der Waals surface area contributed by atoms with Crippen LogP contribution in [0.5, 0.6) is 0 Å². The molecule has 2 aliphatic carbocycles. The van der Waals surface area contributed by atoms with Gasteiger partial charge in [0, 0.05) is 5.54 Å². The highest BCUT2D eigenvalue weighted by Crippen LogP contribution is 2.53. The van der Waals surface area contributed by atoms with Gasteiger partial charge >= 0.3 is 7.12 Å². The van der Waals surface area contributed by atoms with Crippen molar-refractivity contribution in [3.05, 3.63) is 0 Å². The highest BCUT2D eigenvalue weighted by molar-refractivity contribution is 6.40. The van der Waals surface area contributed by atoms with Crippen molar-refractivity contribution in [2.24, 2.45) is 23.5 Å². The molecule has 0 spiro atoms.